The Bertz CT molecular complexity index is 371. The summed E-state index contributed by atoms with van der Waals surface area (Å²) >= 11 is 3.45. The second kappa shape index (κ2) is 7.77. The van der Waals surface area contributed by atoms with Gasteiger partial charge in [0.1, 0.15) is 5.75 Å². The fraction of sp³-hybridized carbons (Fsp3) is 0.571. The molecule has 1 unspecified atom stereocenters. The van der Waals surface area contributed by atoms with E-state index in [0.717, 1.165) is 36.3 Å². The van der Waals surface area contributed by atoms with Crippen molar-refractivity contribution in [2.45, 2.75) is 26.8 Å². The molecule has 1 N–H and O–H groups in total. The first kappa shape index (κ1) is 15.5. The van der Waals surface area contributed by atoms with Crippen molar-refractivity contribution in [1.82, 2.24) is 4.90 Å². The lowest BCUT2D eigenvalue weighted by Gasteiger charge is -2.28. The quantitative estimate of drug-likeness (QED) is 0.781. The molecule has 1 rings (SSSR count). The third-order valence-corrected chi connectivity index (χ3v) is 3.61. The topological polar surface area (TPSA) is 32.7 Å². The molecular formula is C14H22BrNO2. The van der Waals surface area contributed by atoms with Crippen molar-refractivity contribution in [2.75, 3.05) is 26.3 Å². The van der Waals surface area contributed by atoms with Gasteiger partial charge in [-0.05, 0) is 38.6 Å². The van der Waals surface area contributed by atoms with E-state index in [4.69, 9.17) is 4.74 Å². The van der Waals surface area contributed by atoms with Crippen molar-refractivity contribution < 1.29 is 9.84 Å². The van der Waals surface area contributed by atoms with Gasteiger partial charge >= 0.3 is 0 Å². The van der Waals surface area contributed by atoms with Crippen LogP contribution < -0.4 is 0 Å². The summed E-state index contributed by atoms with van der Waals surface area (Å²) < 4.78 is 6.38. The third kappa shape index (κ3) is 4.26. The van der Waals surface area contributed by atoms with Gasteiger partial charge in [0.25, 0.3) is 0 Å². The van der Waals surface area contributed by atoms with Crippen LogP contribution in [0.25, 0.3) is 0 Å². The van der Waals surface area contributed by atoms with E-state index in [1.54, 1.807) is 6.07 Å². The van der Waals surface area contributed by atoms with E-state index < -0.39 is 0 Å². The molecule has 1 atom stereocenters. The van der Waals surface area contributed by atoms with Gasteiger partial charge in [-0.2, -0.15) is 0 Å². The summed E-state index contributed by atoms with van der Waals surface area (Å²) in [7, 11) is 0. The standard InChI is InChI=1S/C14H22BrNO2/c1-4-16(8-9-18-5-2)11(3)13-10-12(15)6-7-14(13)17/h6-7,10-11,17H,4-5,8-9H2,1-3H3. The lowest BCUT2D eigenvalue weighted by atomic mass is 10.1. The van der Waals surface area contributed by atoms with Crippen LogP contribution >= 0.6 is 15.9 Å². The van der Waals surface area contributed by atoms with Gasteiger partial charge in [0.15, 0.2) is 0 Å². The van der Waals surface area contributed by atoms with Gasteiger partial charge in [0, 0.05) is 29.2 Å². The van der Waals surface area contributed by atoms with Crippen LogP contribution in [0.2, 0.25) is 0 Å². The largest absolute Gasteiger partial charge is 0.508 e. The Balaban J connectivity index is 2.75. The van der Waals surface area contributed by atoms with Gasteiger partial charge in [-0.15, -0.1) is 0 Å². The summed E-state index contributed by atoms with van der Waals surface area (Å²) in [5.74, 6) is 0.348. The Kier molecular flexibility index (Phi) is 6.68. The minimum atomic E-state index is 0.174. The molecule has 3 nitrogen and oxygen atoms in total. The van der Waals surface area contributed by atoms with Crippen LogP contribution in [-0.2, 0) is 4.74 Å². The predicted molar refractivity (Wildman–Crippen MR) is 78.0 cm³/mol. The molecule has 0 amide bonds. The zero-order valence-corrected chi connectivity index (χ0v) is 12.9. The summed E-state index contributed by atoms with van der Waals surface area (Å²) in [5, 5.41) is 9.94. The zero-order valence-electron chi connectivity index (χ0n) is 11.3. The lowest BCUT2D eigenvalue weighted by Crippen LogP contribution is -2.30. The molecule has 0 heterocycles. The van der Waals surface area contributed by atoms with Crippen molar-refractivity contribution in [3.8, 4) is 5.75 Å². The van der Waals surface area contributed by atoms with Crippen LogP contribution in [0.4, 0.5) is 0 Å². The Morgan fingerprint density at radius 3 is 2.72 bits per heavy atom. The molecule has 0 fully saturated rings. The lowest BCUT2D eigenvalue weighted by molar-refractivity contribution is 0.0996. The fourth-order valence-electron chi connectivity index (χ4n) is 2.01. The average molecular weight is 316 g/mol. The molecule has 0 saturated carbocycles. The molecular weight excluding hydrogens is 294 g/mol. The maximum absolute atomic E-state index is 9.94. The highest BCUT2D eigenvalue weighted by atomic mass is 79.9. The molecule has 0 radical (unpaired) electrons. The summed E-state index contributed by atoms with van der Waals surface area (Å²) in [4.78, 5) is 2.29. The molecule has 102 valence electrons. The Morgan fingerprint density at radius 1 is 1.39 bits per heavy atom. The Hall–Kier alpha value is -0.580. The molecule has 0 spiro atoms. The van der Waals surface area contributed by atoms with Crippen LogP contribution in [0.1, 0.15) is 32.4 Å². The Morgan fingerprint density at radius 2 is 2.11 bits per heavy atom. The minimum Gasteiger partial charge on any atom is -0.508 e. The molecule has 1 aromatic carbocycles. The molecule has 0 bridgehead atoms. The van der Waals surface area contributed by atoms with Crippen LogP contribution in [0.5, 0.6) is 5.75 Å². The van der Waals surface area contributed by atoms with Gasteiger partial charge in [0.2, 0.25) is 0 Å². The van der Waals surface area contributed by atoms with Crippen molar-refractivity contribution in [3.63, 3.8) is 0 Å². The second-order valence-electron chi connectivity index (χ2n) is 4.20. The number of phenols is 1. The molecule has 0 saturated heterocycles. The molecule has 4 heteroatoms. The van der Waals surface area contributed by atoms with E-state index in [2.05, 4.69) is 34.7 Å². The van der Waals surface area contributed by atoms with Gasteiger partial charge in [-0.3, -0.25) is 4.90 Å². The fourth-order valence-corrected chi connectivity index (χ4v) is 2.39. The number of hydrogen-bond acceptors (Lipinski definition) is 3. The number of halogens is 1. The second-order valence-corrected chi connectivity index (χ2v) is 5.12. The third-order valence-electron chi connectivity index (χ3n) is 3.12. The highest BCUT2D eigenvalue weighted by Crippen LogP contribution is 2.30. The number of nitrogens with zero attached hydrogens (tertiary/aromatic N) is 1. The number of ether oxygens (including phenoxy) is 1. The molecule has 0 aromatic heterocycles. The number of rotatable bonds is 7. The van der Waals surface area contributed by atoms with Crippen molar-refractivity contribution in [3.05, 3.63) is 28.2 Å². The Labute approximate surface area is 118 Å². The molecule has 1 aromatic rings. The first-order valence-corrected chi connectivity index (χ1v) is 7.19. The zero-order chi connectivity index (χ0) is 13.5. The molecule has 0 aliphatic heterocycles. The monoisotopic (exact) mass is 315 g/mol. The number of benzene rings is 1. The van der Waals surface area contributed by atoms with Gasteiger partial charge in [0.05, 0.1) is 6.61 Å². The van der Waals surface area contributed by atoms with E-state index in [-0.39, 0.29) is 6.04 Å². The maximum Gasteiger partial charge on any atom is 0.120 e. The summed E-state index contributed by atoms with van der Waals surface area (Å²) in [6, 6.07) is 5.73. The van der Waals surface area contributed by atoms with E-state index in [1.165, 1.54) is 0 Å². The van der Waals surface area contributed by atoms with E-state index in [1.807, 2.05) is 19.1 Å². The molecule has 0 aliphatic rings. The summed E-state index contributed by atoms with van der Waals surface area (Å²) in [6.45, 7) is 9.50. The van der Waals surface area contributed by atoms with Gasteiger partial charge in [-0.1, -0.05) is 22.9 Å². The van der Waals surface area contributed by atoms with Crippen molar-refractivity contribution in [2.24, 2.45) is 0 Å². The van der Waals surface area contributed by atoms with Gasteiger partial charge < -0.3 is 9.84 Å². The van der Waals surface area contributed by atoms with E-state index >= 15 is 0 Å². The average Bonchev–Trinajstić information content (AvgIpc) is 2.37. The smallest absolute Gasteiger partial charge is 0.120 e. The van der Waals surface area contributed by atoms with E-state index in [0.29, 0.717) is 5.75 Å². The van der Waals surface area contributed by atoms with Crippen molar-refractivity contribution in [1.29, 1.82) is 0 Å². The first-order chi connectivity index (χ1) is 8.60. The van der Waals surface area contributed by atoms with Crippen LogP contribution in [0.15, 0.2) is 22.7 Å². The highest BCUT2D eigenvalue weighted by Gasteiger charge is 2.17. The highest BCUT2D eigenvalue weighted by molar-refractivity contribution is 9.10. The van der Waals surface area contributed by atoms with Crippen LogP contribution in [-0.4, -0.2) is 36.3 Å². The molecule has 18 heavy (non-hydrogen) atoms. The number of likely N-dealkylation sites (N-methyl/N-ethyl adjacent to an activating group) is 1. The van der Waals surface area contributed by atoms with Crippen LogP contribution in [0, 0.1) is 0 Å². The number of phenolic OH excluding ortho intramolecular Hbond substituents is 1. The number of hydrogen-bond donors (Lipinski definition) is 1. The summed E-state index contributed by atoms with van der Waals surface area (Å²) in [5.41, 5.74) is 0.947. The summed E-state index contributed by atoms with van der Waals surface area (Å²) in [6.07, 6.45) is 0. The number of aromatic hydroxyl groups is 1. The van der Waals surface area contributed by atoms with E-state index in [9.17, 15) is 5.11 Å². The molecule has 0 aliphatic carbocycles. The normalized spacial score (nSPS) is 12.9. The minimum absolute atomic E-state index is 0.174. The van der Waals surface area contributed by atoms with Gasteiger partial charge in [-0.25, -0.2) is 0 Å². The van der Waals surface area contributed by atoms with Crippen molar-refractivity contribution >= 4 is 15.9 Å². The predicted octanol–water partition coefficient (Wildman–Crippen LogP) is 3.57. The van der Waals surface area contributed by atoms with Crippen LogP contribution in [0.3, 0.4) is 0 Å². The first-order valence-electron chi connectivity index (χ1n) is 6.40. The maximum atomic E-state index is 9.94. The SMILES string of the molecule is CCOCCN(CC)C(C)c1cc(Br)ccc1O.